The van der Waals surface area contributed by atoms with Gasteiger partial charge in [0.1, 0.15) is 0 Å². The third-order valence-corrected chi connectivity index (χ3v) is 3.95. The second kappa shape index (κ2) is 8.07. The van der Waals surface area contributed by atoms with Crippen molar-refractivity contribution in [2.75, 3.05) is 23.3 Å². The SMILES string of the molecule is CCCN(CCC)c1nc(Nc2ccc(Cl)cc2)c2nccnc2n1. The predicted molar refractivity (Wildman–Crippen MR) is 103 cm³/mol. The van der Waals surface area contributed by atoms with Crippen LogP contribution in [0.5, 0.6) is 0 Å². The van der Waals surface area contributed by atoms with Crippen LogP contribution in [-0.2, 0) is 0 Å². The van der Waals surface area contributed by atoms with Gasteiger partial charge < -0.3 is 10.2 Å². The van der Waals surface area contributed by atoms with E-state index in [1.165, 1.54) is 0 Å². The van der Waals surface area contributed by atoms with Crippen LogP contribution in [0.1, 0.15) is 26.7 Å². The second-order valence-electron chi connectivity index (χ2n) is 5.72. The van der Waals surface area contributed by atoms with Gasteiger partial charge in [-0.15, -0.1) is 0 Å². The normalized spacial score (nSPS) is 10.8. The van der Waals surface area contributed by atoms with Crippen LogP contribution in [0.15, 0.2) is 36.7 Å². The fraction of sp³-hybridized carbons (Fsp3) is 0.333. The third-order valence-electron chi connectivity index (χ3n) is 3.70. The van der Waals surface area contributed by atoms with Gasteiger partial charge >= 0.3 is 0 Å². The van der Waals surface area contributed by atoms with E-state index < -0.39 is 0 Å². The van der Waals surface area contributed by atoms with Crippen LogP contribution >= 0.6 is 11.6 Å². The Morgan fingerprint density at radius 1 is 0.960 bits per heavy atom. The Morgan fingerprint density at radius 3 is 2.32 bits per heavy atom. The molecule has 2 heterocycles. The fourth-order valence-corrected chi connectivity index (χ4v) is 2.73. The first kappa shape index (κ1) is 17.4. The molecule has 1 N–H and O–H groups in total. The topological polar surface area (TPSA) is 66.8 Å². The van der Waals surface area contributed by atoms with Gasteiger partial charge in [-0.1, -0.05) is 25.4 Å². The van der Waals surface area contributed by atoms with Crippen LogP contribution in [0.2, 0.25) is 5.02 Å². The van der Waals surface area contributed by atoms with Gasteiger partial charge in [-0.25, -0.2) is 9.97 Å². The molecular weight excluding hydrogens is 336 g/mol. The smallest absolute Gasteiger partial charge is 0.229 e. The lowest BCUT2D eigenvalue weighted by atomic mass is 10.3. The molecule has 0 spiro atoms. The molecule has 1 aromatic carbocycles. The zero-order valence-corrected chi connectivity index (χ0v) is 15.2. The highest BCUT2D eigenvalue weighted by molar-refractivity contribution is 6.30. The summed E-state index contributed by atoms with van der Waals surface area (Å²) in [5.41, 5.74) is 2.12. The van der Waals surface area contributed by atoms with E-state index in [0.29, 0.717) is 28.0 Å². The van der Waals surface area contributed by atoms with E-state index >= 15 is 0 Å². The second-order valence-corrected chi connectivity index (χ2v) is 6.16. The fourth-order valence-electron chi connectivity index (χ4n) is 2.60. The van der Waals surface area contributed by atoms with Crippen molar-refractivity contribution in [3.8, 4) is 0 Å². The van der Waals surface area contributed by atoms with Crippen LogP contribution in [0.25, 0.3) is 11.2 Å². The van der Waals surface area contributed by atoms with Crippen molar-refractivity contribution in [3.05, 3.63) is 41.7 Å². The van der Waals surface area contributed by atoms with E-state index in [9.17, 15) is 0 Å². The molecule has 2 aromatic heterocycles. The van der Waals surface area contributed by atoms with Gasteiger partial charge in [0.25, 0.3) is 0 Å². The molecule has 0 atom stereocenters. The maximum atomic E-state index is 5.96. The molecule has 0 bridgehead atoms. The maximum absolute atomic E-state index is 5.96. The van der Waals surface area contributed by atoms with E-state index in [1.807, 2.05) is 24.3 Å². The highest BCUT2D eigenvalue weighted by atomic mass is 35.5. The summed E-state index contributed by atoms with van der Waals surface area (Å²) in [6.07, 6.45) is 5.35. The standard InChI is InChI=1S/C18H21ClN6/c1-3-11-25(12-4-2)18-23-16-15(20-9-10-21-16)17(24-18)22-14-7-5-13(19)6-8-14/h5-10H,3-4,11-12H2,1-2H3,(H,21,22,23,24). The number of hydrogen-bond acceptors (Lipinski definition) is 6. The molecule has 0 aliphatic heterocycles. The van der Waals surface area contributed by atoms with E-state index in [1.54, 1.807) is 12.4 Å². The minimum absolute atomic E-state index is 0.584. The Kier molecular flexibility index (Phi) is 5.60. The molecule has 0 saturated carbocycles. The van der Waals surface area contributed by atoms with Crippen LogP contribution in [0.4, 0.5) is 17.5 Å². The number of anilines is 3. The average molecular weight is 357 g/mol. The molecule has 3 rings (SSSR count). The molecule has 0 unspecified atom stereocenters. The summed E-state index contributed by atoms with van der Waals surface area (Å²) in [5.74, 6) is 1.32. The number of rotatable bonds is 7. The van der Waals surface area contributed by atoms with Crippen molar-refractivity contribution < 1.29 is 0 Å². The summed E-state index contributed by atoms with van der Waals surface area (Å²) < 4.78 is 0. The molecule has 0 fully saturated rings. The number of benzene rings is 1. The van der Waals surface area contributed by atoms with Crippen LogP contribution in [-0.4, -0.2) is 33.0 Å². The summed E-state index contributed by atoms with van der Waals surface area (Å²) in [6.45, 7) is 6.10. The quantitative estimate of drug-likeness (QED) is 0.674. The van der Waals surface area contributed by atoms with Crippen LogP contribution in [0, 0.1) is 0 Å². The third kappa shape index (κ3) is 4.14. The number of fused-ring (bicyclic) bond motifs is 1. The van der Waals surface area contributed by atoms with E-state index in [0.717, 1.165) is 31.6 Å². The number of halogens is 1. The summed E-state index contributed by atoms with van der Waals surface area (Å²) in [5, 5.41) is 4.01. The Balaban J connectivity index is 2.04. The van der Waals surface area contributed by atoms with Crippen molar-refractivity contribution in [1.82, 2.24) is 19.9 Å². The minimum atomic E-state index is 0.584. The molecule has 3 aromatic rings. The predicted octanol–water partition coefficient (Wildman–Crippen LogP) is 4.44. The van der Waals surface area contributed by atoms with Gasteiger partial charge in [-0.3, -0.25) is 0 Å². The molecule has 6 nitrogen and oxygen atoms in total. The lowest BCUT2D eigenvalue weighted by Gasteiger charge is -2.22. The number of nitrogens with zero attached hydrogens (tertiary/aromatic N) is 5. The molecular formula is C18H21ClN6. The van der Waals surface area contributed by atoms with Crippen molar-refractivity contribution >= 4 is 40.2 Å². The Bertz CT molecular complexity index is 831. The van der Waals surface area contributed by atoms with Crippen molar-refractivity contribution in [2.45, 2.75) is 26.7 Å². The first-order chi connectivity index (χ1) is 12.2. The van der Waals surface area contributed by atoms with Gasteiger partial charge in [0.2, 0.25) is 5.95 Å². The number of aromatic nitrogens is 4. The highest BCUT2D eigenvalue weighted by Gasteiger charge is 2.14. The number of nitrogens with one attached hydrogen (secondary N) is 1. The monoisotopic (exact) mass is 356 g/mol. The summed E-state index contributed by atoms with van der Waals surface area (Å²) in [7, 11) is 0. The van der Waals surface area contributed by atoms with E-state index in [4.69, 9.17) is 16.6 Å². The highest BCUT2D eigenvalue weighted by Crippen LogP contribution is 2.24. The van der Waals surface area contributed by atoms with Crippen LogP contribution in [0.3, 0.4) is 0 Å². The van der Waals surface area contributed by atoms with E-state index in [2.05, 4.69) is 39.0 Å². The molecule has 0 aliphatic carbocycles. The number of hydrogen-bond donors (Lipinski definition) is 1. The first-order valence-electron chi connectivity index (χ1n) is 8.47. The van der Waals surface area contributed by atoms with Crippen molar-refractivity contribution in [3.63, 3.8) is 0 Å². The molecule has 0 radical (unpaired) electrons. The minimum Gasteiger partial charge on any atom is -0.341 e. The summed E-state index contributed by atoms with van der Waals surface area (Å²) >= 11 is 5.96. The first-order valence-corrected chi connectivity index (χ1v) is 8.85. The van der Waals surface area contributed by atoms with E-state index in [-0.39, 0.29) is 0 Å². The summed E-state index contributed by atoms with van der Waals surface area (Å²) in [4.78, 5) is 20.3. The van der Waals surface area contributed by atoms with Gasteiger partial charge in [0.15, 0.2) is 17.0 Å². The van der Waals surface area contributed by atoms with Gasteiger partial charge in [0.05, 0.1) is 0 Å². The molecule has 0 saturated heterocycles. The zero-order chi connectivity index (χ0) is 17.6. The average Bonchev–Trinajstić information content (AvgIpc) is 2.63. The molecule has 25 heavy (non-hydrogen) atoms. The molecule has 0 amide bonds. The molecule has 0 aliphatic rings. The maximum Gasteiger partial charge on any atom is 0.229 e. The largest absolute Gasteiger partial charge is 0.341 e. The summed E-state index contributed by atoms with van der Waals surface area (Å²) in [6, 6.07) is 7.48. The zero-order valence-electron chi connectivity index (χ0n) is 14.4. The molecule has 130 valence electrons. The van der Waals surface area contributed by atoms with Crippen molar-refractivity contribution in [1.29, 1.82) is 0 Å². The van der Waals surface area contributed by atoms with Gasteiger partial charge in [0, 0.05) is 36.2 Å². The lowest BCUT2D eigenvalue weighted by Crippen LogP contribution is -2.27. The van der Waals surface area contributed by atoms with Gasteiger partial charge in [-0.2, -0.15) is 9.97 Å². The Morgan fingerprint density at radius 2 is 1.64 bits per heavy atom. The Labute approximate surface area is 152 Å². The Hall–Kier alpha value is -2.47. The molecule has 7 heteroatoms. The van der Waals surface area contributed by atoms with Gasteiger partial charge in [-0.05, 0) is 37.1 Å². The lowest BCUT2D eigenvalue weighted by molar-refractivity contribution is 0.723. The van der Waals surface area contributed by atoms with Crippen molar-refractivity contribution in [2.24, 2.45) is 0 Å². The van der Waals surface area contributed by atoms with Crippen LogP contribution < -0.4 is 10.2 Å².